The lowest BCUT2D eigenvalue weighted by atomic mass is 9.79. The van der Waals surface area contributed by atoms with Crippen LogP contribution in [0.5, 0.6) is 0 Å². The van der Waals surface area contributed by atoms with Gasteiger partial charge < -0.3 is 5.11 Å². The smallest absolute Gasteiger partial charge is 0.0934 e. The van der Waals surface area contributed by atoms with E-state index in [1.54, 1.807) is 0 Å². The van der Waals surface area contributed by atoms with E-state index in [1.807, 2.05) is 11.8 Å². The third-order valence-corrected chi connectivity index (χ3v) is 6.21. The first-order chi connectivity index (χ1) is 8.69. The van der Waals surface area contributed by atoms with Gasteiger partial charge in [-0.15, -0.1) is 0 Å². The molecule has 1 nitrogen and oxygen atoms in total. The molecule has 1 saturated carbocycles. The van der Waals surface area contributed by atoms with Gasteiger partial charge in [0.2, 0.25) is 0 Å². The van der Waals surface area contributed by atoms with Crippen molar-refractivity contribution >= 4 is 11.8 Å². The molecule has 1 aliphatic heterocycles. The highest BCUT2D eigenvalue weighted by molar-refractivity contribution is 8.00. The lowest BCUT2D eigenvalue weighted by molar-refractivity contribution is 0.135. The SMILES string of the molecule is CC1(C(O)c2cccc(C3CCC3)c2)CCCS1. The predicted octanol–water partition coefficient (Wildman–Crippen LogP) is 4.27. The minimum atomic E-state index is -0.315. The van der Waals surface area contributed by atoms with Crippen LogP contribution in [0, 0.1) is 0 Å². The van der Waals surface area contributed by atoms with Crippen molar-refractivity contribution in [3.05, 3.63) is 35.4 Å². The molecular weight excluding hydrogens is 240 g/mol. The molecule has 1 aromatic carbocycles. The Bertz CT molecular complexity index is 419. The van der Waals surface area contributed by atoms with Gasteiger partial charge >= 0.3 is 0 Å². The molecule has 1 aliphatic carbocycles. The minimum absolute atomic E-state index is 0.0260. The van der Waals surface area contributed by atoms with Crippen molar-refractivity contribution in [2.45, 2.75) is 55.8 Å². The van der Waals surface area contributed by atoms with Crippen molar-refractivity contribution in [3.8, 4) is 0 Å². The number of aliphatic hydroxyl groups excluding tert-OH is 1. The molecule has 2 unspecified atom stereocenters. The molecule has 0 spiro atoms. The van der Waals surface area contributed by atoms with Crippen LogP contribution in [0.2, 0.25) is 0 Å². The van der Waals surface area contributed by atoms with Crippen molar-refractivity contribution in [2.24, 2.45) is 0 Å². The third-order valence-electron chi connectivity index (χ3n) is 4.63. The van der Waals surface area contributed by atoms with Crippen LogP contribution in [0.4, 0.5) is 0 Å². The van der Waals surface area contributed by atoms with Gasteiger partial charge in [0.05, 0.1) is 6.10 Å². The Balaban J connectivity index is 1.82. The summed E-state index contributed by atoms with van der Waals surface area (Å²) in [6.45, 7) is 2.21. The standard InChI is InChI=1S/C16H22OS/c1-16(9-4-10-18-16)15(17)14-8-3-7-13(11-14)12-5-2-6-12/h3,7-8,11-12,15,17H,2,4-6,9-10H2,1H3. The molecule has 1 saturated heterocycles. The Morgan fingerprint density at radius 2 is 2.17 bits per heavy atom. The summed E-state index contributed by atoms with van der Waals surface area (Å²) >= 11 is 1.93. The molecule has 18 heavy (non-hydrogen) atoms. The number of hydrogen-bond donors (Lipinski definition) is 1. The molecule has 2 aliphatic rings. The normalized spacial score (nSPS) is 30.1. The molecule has 2 atom stereocenters. The van der Waals surface area contributed by atoms with Gasteiger partial charge in [0.1, 0.15) is 0 Å². The minimum Gasteiger partial charge on any atom is -0.387 e. The Labute approximate surface area is 114 Å². The summed E-state index contributed by atoms with van der Waals surface area (Å²) in [6.07, 6.45) is 6.07. The second-order valence-electron chi connectivity index (χ2n) is 5.97. The zero-order chi connectivity index (χ0) is 12.6. The summed E-state index contributed by atoms with van der Waals surface area (Å²) < 4.78 is 0.0260. The van der Waals surface area contributed by atoms with E-state index in [4.69, 9.17) is 0 Å². The van der Waals surface area contributed by atoms with Gasteiger partial charge in [0.15, 0.2) is 0 Å². The molecule has 1 aromatic rings. The summed E-state index contributed by atoms with van der Waals surface area (Å²) in [5.41, 5.74) is 2.56. The van der Waals surface area contributed by atoms with Crippen LogP contribution in [0.1, 0.15) is 62.2 Å². The monoisotopic (exact) mass is 262 g/mol. The Hall–Kier alpha value is -0.470. The Morgan fingerprint density at radius 1 is 1.33 bits per heavy atom. The average Bonchev–Trinajstić information content (AvgIpc) is 2.75. The fraction of sp³-hybridized carbons (Fsp3) is 0.625. The van der Waals surface area contributed by atoms with E-state index in [2.05, 4.69) is 31.2 Å². The molecule has 1 heterocycles. The van der Waals surface area contributed by atoms with Crippen molar-refractivity contribution in [1.29, 1.82) is 0 Å². The van der Waals surface area contributed by atoms with E-state index < -0.39 is 0 Å². The molecule has 0 aromatic heterocycles. The van der Waals surface area contributed by atoms with Gasteiger partial charge in [-0.3, -0.25) is 0 Å². The summed E-state index contributed by atoms with van der Waals surface area (Å²) in [7, 11) is 0. The van der Waals surface area contributed by atoms with E-state index in [0.717, 1.165) is 17.9 Å². The van der Waals surface area contributed by atoms with Crippen molar-refractivity contribution in [1.82, 2.24) is 0 Å². The molecular formula is C16H22OS. The molecule has 0 bridgehead atoms. The van der Waals surface area contributed by atoms with Gasteiger partial charge in [-0.1, -0.05) is 30.7 Å². The van der Waals surface area contributed by atoms with Gasteiger partial charge in [0.25, 0.3) is 0 Å². The van der Waals surface area contributed by atoms with Gasteiger partial charge in [-0.25, -0.2) is 0 Å². The van der Waals surface area contributed by atoms with Gasteiger partial charge in [-0.05, 0) is 55.4 Å². The molecule has 98 valence electrons. The lowest BCUT2D eigenvalue weighted by Gasteiger charge is -2.31. The first kappa shape index (κ1) is 12.6. The molecule has 2 fully saturated rings. The van der Waals surface area contributed by atoms with Crippen molar-refractivity contribution in [3.63, 3.8) is 0 Å². The fourth-order valence-electron chi connectivity index (χ4n) is 3.09. The van der Waals surface area contributed by atoms with E-state index in [0.29, 0.717) is 0 Å². The van der Waals surface area contributed by atoms with Crippen LogP contribution < -0.4 is 0 Å². The van der Waals surface area contributed by atoms with Crippen LogP contribution in [0.3, 0.4) is 0 Å². The second-order valence-corrected chi connectivity index (χ2v) is 7.59. The average molecular weight is 262 g/mol. The second kappa shape index (κ2) is 4.90. The molecule has 1 N–H and O–H groups in total. The van der Waals surface area contributed by atoms with Crippen molar-refractivity contribution < 1.29 is 5.11 Å². The first-order valence-electron chi connectivity index (χ1n) is 7.11. The van der Waals surface area contributed by atoms with E-state index in [-0.39, 0.29) is 10.9 Å². The zero-order valence-corrected chi connectivity index (χ0v) is 11.9. The maximum absolute atomic E-state index is 10.7. The van der Waals surface area contributed by atoms with Crippen LogP contribution in [0.15, 0.2) is 24.3 Å². The van der Waals surface area contributed by atoms with E-state index in [1.165, 1.54) is 37.0 Å². The molecule has 0 radical (unpaired) electrons. The third kappa shape index (κ3) is 2.21. The topological polar surface area (TPSA) is 20.2 Å². The summed E-state index contributed by atoms with van der Waals surface area (Å²) in [4.78, 5) is 0. The fourth-order valence-corrected chi connectivity index (χ4v) is 4.43. The first-order valence-corrected chi connectivity index (χ1v) is 8.09. The Morgan fingerprint density at radius 3 is 2.78 bits per heavy atom. The van der Waals surface area contributed by atoms with E-state index in [9.17, 15) is 5.11 Å². The highest BCUT2D eigenvalue weighted by Gasteiger charge is 2.37. The summed E-state index contributed by atoms with van der Waals surface area (Å²) in [6, 6.07) is 8.69. The predicted molar refractivity (Wildman–Crippen MR) is 78.1 cm³/mol. The number of rotatable bonds is 3. The zero-order valence-electron chi connectivity index (χ0n) is 11.1. The number of thioether (sulfide) groups is 1. The highest BCUT2D eigenvalue weighted by atomic mass is 32.2. The number of hydrogen-bond acceptors (Lipinski definition) is 2. The Kier molecular flexibility index (Phi) is 3.42. The van der Waals surface area contributed by atoms with Crippen LogP contribution in [0.25, 0.3) is 0 Å². The van der Waals surface area contributed by atoms with Crippen LogP contribution in [-0.2, 0) is 0 Å². The summed E-state index contributed by atoms with van der Waals surface area (Å²) in [5.74, 6) is 1.94. The largest absolute Gasteiger partial charge is 0.387 e. The lowest BCUT2D eigenvalue weighted by Crippen LogP contribution is -2.26. The van der Waals surface area contributed by atoms with E-state index >= 15 is 0 Å². The molecule has 2 heteroatoms. The number of benzene rings is 1. The maximum atomic E-state index is 10.7. The highest BCUT2D eigenvalue weighted by Crippen LogP contribution is 2.47. The van der Waals surface area contributed by atoms with Gasteiger partial charge in [0, 0.05) is 4.75 Å². The molecule has 0 amide bonds. The maximum Gasteiger partial charge on any atom is 0.0934 e. The van der Waals surface area contributed by atoms with Crippen LogP contribution in [-0.4, -0.2) is 15.6 Å². The number of aliphatic hydroxyl groups is 1. The summed E-state index contributed by atoms with van der Waals surface area (Å²) in [5, 5.41) is 10.7. The molecule has 3 rings (SSSR count). The van der Waals surface area contributed by atoms with Crippen molar-refractivity contribution in [2.75, 3.05) is 5.75 Å². The van der Waals surface area contributed by atoms with Crippen LogP contribution >= 0.6 is 11.8 Å². The quantitative estimate of drug-likeness (QED) is 0.877. The van der Waals surface area contributed by atoms with Gasteiger partial charge in [-0.2, -0.15) is 11.8 Å².